The molecule has 0 aliphatic carbocycles. The molecule has 3 rings (SSSR count). The van der Waals surface area contributed by atoms with E-state index in [2.05, 4.69) is 16.4 Å². The number of benzene rings is 1. The van der Waals surface area contributed by atoms with Gasteiger partial charge in [0.25, 0.3) is 0 Å². The third kappa shape index (κ3) is 2.79. The summed E-state index contributed by atoms with van der Waals surface area (Å²) in [7, 11) is 0. The number of amides is 1. The minimum atomic E-state index is 0.0161. The smallest absolute Gasteiger partial charge is 0.224 e. The van der Waals surface area contributed by atoms with Crippen LogP contribution in [-0.2, 0) is 11.2 Å². The average molecular weight is 268 g/mol. The van der Waals surface area contributed by atoms with Gasteiger partial charge in [-0.2, -0.15) is 0 Å². The fourth-order valence-electron chi connectivity index (χ4n) is 2.39. The van der Waals surface area contributed by atoms with Gasteiger partial charge < -0.3 is 10.1 Å². The van der Waals surface area contributed by atoms with Crippen LogP contribution in [0.5, 0.6) is 5.75 Å². The largest absolute Gasteiger partial charge is 0.493 e. The fourth-order valence-corrected chi connectivity index (χ4v) is 2.39. The van der Waals surface area contributed by atoms with Crippen molar-refractivity contribution in [2.24, 2.45) is 0 Å². The number of pyridine rings is 1. The van der Waals surface area contributed by atoms with Crippen molar-refractivity contribution in [3.05, 3.63) is 59.9 Å². The molecule has 1 aliphatic rings. The molecule has 1 unspecified atom stereocenters. The van der Waals surface area contributed by atoms with Gasteiger partial charge in [-0.25, -0.2) is 0 Å². The Morgan fingerprint density at radius 3 is 3.05 bits per heavy atom. The van der Waals surface area contributed by atoms with Crippen molar-refractivity contribution >= 4 is 5.91 Å². The van der Waals surface area contributed by atoms with E-state index >= 15 is 0 Å². The number of hydrogen-bond acceptors (Lipinski definition) is 3. The van der Waals surface area contributed by atoms with E-state index in [4.69, 9.17) is 4.74 Å². The summed E-state index contributed by atoms with van der Waals surface area (Å²) in [6, 6.07) is 11.7. The Morgan fingerprint density at radius 2 is 2.20 bits per heavy atom. The summed E-state index contributed by atoms with van der Waals surface area (Å²) >= 11 is 0. The zero-order valence-electron chi connectivity index (χ0n) is 11.1. The lowest BCUT2D eigenvalue weighted by Gasteiger charge is -2.10. The Labute approximate surface area is 117 Å². The second kappa shape index (κ2) is 5.74. The van der Waals surface area contributed by atoms with Crippen LogP contribution in [0.2, 0.25) is 0 Å². The first-order chi connectivity index (χ1) is 9.83. The summed E-state index contributed by atoms with van der Waals surface area (Å²) in [4.78, 5) is 15.9. The highest BCUT2D eigenvalue weighted by atomic mass is 16.5. The highest BCUT2D eigenvalue weighted by Crippen LogP contribution is 2.32. The Balaban J connectivity index is 1.54. The van der Waals surface area contributed by atoms with Crippen LogP contribution in [0.4, 0.5) is 0 Å². The van der Waals surface area contributed by atoms with E-state index in [-0.39, 0.29) is 11.8 Å². The number of nitrogens with zero attached hydrogens (tertiary/aromatic N) is 1. The van der Waals surface area contributed by atoms with Crippen molar-refractivity contribution in [1.29, 1.82) is 0 Å². The molecule has 1 aromatic carbocycles. The minimum absolute atomic E-state index is 0.0161. The van der Waals surface area contributed by atoms with Crippen molar-refractivity contribution < 1.29 is 9.53 Å². The highest BCUT2D eigenvalue weighted by molar-refractivity contribution is 5.78. The third-order valence-electron chi connectivity index (χ3n) is 3.43. The molecule has 0 fully saturated rings. The van der Waals surface area contributed by atoms with Crippen molar-refractivity contribution in [3.63, 3.8) is 0 Å². The first kappa shape index (κ1) is 12.7. The number of carbonyl (C=O) groups is 1. The van der Waals surface area contributed by atoms with Crippen LogP contribution in [0.25, 0.3) is 0 Å². The molecular formula is C16H16N2O2. The monoisotopic (exact) mass is 268 g/mol. The second-order valence-electron chi connectivity index (χ2n) is 4.89. The van der Waals surface area contributed by atoms with Crippen LogP contribution in [0.3, 0.4) is 0 Å². The lowest BCUT2D eigenvalue weighted by Crippen LogP contribution is -2.30. The molecule has 0 radical (unpaired) electrons. The molecule has 1 atom stereocenters. The van der Waals surface area contributed by atoms with Gasteiger partial charge in [0.05, 0.1) is 13.0 Å². The summed E-state index contributed by atoms with van der Waals surface area (Å²) < 4.78 is 5.60. The highest BCUT2D eigenvalue weighted by Gasteiger charge is 2.23. The third-order valence-corrected chi connectivity index (χ3v) is 3.43. The maximum absolute atomic E-state index is 11.9. The SMILES string of the molecule is O=C(Cc1cccnc1)NCC1COc2ccccc21. The maximum Gasteiger partial charge on any atom is 0.224 e. The summed E-state index contributed by atoms with van der Waals surface area (Å²) in [6.45, 7) is 1.24. The maximum atomic E-state index is 11.9. The zero-order valence-corrected chi connectivity index (χ0v) is 11.1. The number of nitrogens with one attached hydrogen (secondary N) is 1. The van der Waals surface area contributed by atoms with Crippen LogP contribution in [0.15, 0.2) is 48.8 Å². The molecule has 2 heterocycles. The predicted octanol–water partition coefficient (Wildman–Crippen LogP) is 1.92. The molecule has 0 saturated carbocycles. The Kier molecular flexibility index (Phi) is 3.63. The number of fused-ring (bicyclic) bond motifs is 1. The first-order valence-electron chi connectivity index (χ1n) is 6.70. The van der Waals surface area contributed by atoms with Crippen LogP contribution in [0.1, 0.15) is 17.0 Å². The number of aromatic nitrogens is 1. The molecule has 1 aliphatic heterocycles. The fraction of sp³-hybridized carbons (Fsp3) is 0.250. The van der Waals surface area contributed by atoms with Gasteiger partial charge in [-0.05, 0) is 17.7 Å². The van der Waals surface area contributed by atoms with E-state index in [1.165, 1.54) is 5.56 Å². The van der Waals surface area contributed by atoms with Gasteiger partial charge in [0.2, 0.25) is 5.91 Å². The van der Waals surface area contributed by atoms with Gasteiger partial charge in [0, 0.05) is 30.4 Å². The van der Waals surface area contributed by atoms with Gasteiger partial charge in [0.15, 0.2) is 0 Å². The number of ether oxygens (including phenoxy) is 1. The molecular weight excluding hydrogens is 252 g/mol. The van der Waals surface area contributed by atoms with Crippen molar-refractivity contribution in [2.75, 3.05) is 13.2 Å². The van der Waals surface area contributed by atoms with Gasteiger partial charge in [-0.15, -0.1) is 0 Å². The van der Waals surface area contributed by atoms with Crippen LogP contribution in [-0.4, -0.2) is 24.0 Å². The summed E-state index contributed by atoms with van der Waals surface area (Å²) in [5.41, 5.74) is 2.10. The van der Waals surface area contributed by atoms with Crippen molar-refractivity contribution in [2.45, 2.75) is 12.3 Å². The molecule has 1 amide bonds. The molecule has 1 N–H and O–H groups in total. The second-order valence-corrected chi connectivity index (χ2v) is 4.89. The Morgan fingerprint density at radius 1 is 1.30 bits per heavy atom. The van der Waals surface area contributed by atoms with E-state index in [0.29, 0.717) is 19.6 Å². The van der Waals surface area contributed by atoms with E-state index in [9.17, 15) is 4.79 Å². The quantitative estimate of drug-likeness (QED) is 0.921. The summed E-state index contributed by atoms with van der Waals surface area (Å²) in [5, 5.41) is 2.97. The van der Waals surface area contributed by atoms with Gasteiger partial charge in [-0.1, -0.05) is 24.3 Å². The molecule has 0 bridgehead atoms. The molecule has 20 heavy (non-hydrogen) atoms. The molecule has 0 saturated heterocycles. The Hall–Kier alpha value is -2.36. The Bertz CT molecular complexity index is 598. The van der Waals surface area contributed by atoms with Gasteiger partial charge in [0.1, 0.15) is 5.75 Å². The molecule has 0 spiro atoms. The average Bonchev–Trinajstić information content (AvgIpc) is 2.89. The standard InChI is InChI=1S/C16H16N2O2/c19-16(8-12-4-3-7-17-9-12)18-10-13-11-20-15-6-2-1-5-14(13)15/h1-7,9,13H,8,10-11H2,(H,18,19). The number of carbonyl (C=O) groups excluding carboxylic acids is 1. The van der Waals surface area contributed by atoms with Crippen LogP contribution < -0.4 is 10.1 Å². The van der Waals surface area contributed by atoms with E-state index in [1.807, 2.05) is 30.3 Å². The summed E-state index contributed by atoms with van der Waals surface area (Å²) in [5.74, 6) is 1.19. The van der Waals surface area contributed by atoms with Crippen LogP contribution in [0, 0.1) is 0 Å². The van der Waals surface area contributed by atoms with Crippen molar-refractivity contribution in [1.82, 2.24) is 10.3 Å². The number of hydrogen-bond donors (Lipinski definition) is 1. The van der Waals surface area contributed by atoms with Gasteiger partial charge >= 0.3 is 0 Å². The summed E-state index contributed by atoms with van der Waals surface area (Å²) in [6.07, 6.45) is 3.78. The molecule has 4 nitrogen and oxygen atoms in total. The number of para-hydroxylation sites is 1. The first-order valence-corrected chi connectivity index (χ1v) is 6.70. The van der Waals surface area contributed by atoms with Crippen molar-refractivity contribution in [3.8, 4) is 5.75 Å². The normalized spacial score (nSPS) is 16.3. The number of rotatable bonds is 4. The zero-order chi connectivity index (χ0) is 13.8. The molecule has 4 heteroatoms. The minimum Gasteiger partial charge on any atom is -0.493 e. The van der Waals surface area contributed by atoms with Crippen LogP contribution >= 0.6 is 0 Å². The predicted molar refractivity (Wildman–Crippen MR) is 75.6 cm³/mol. The molecule has 1 aromatic heterocycles. The van der Waals surface area contributed by atoms with E-state index in [1.54, 1.807) is 12.4 Å². The lowest BCUT2D eigenvalue weighted by atomic mass is 10.0. The van der Waals surface area contributed by atoms with E-state index in [0.717, 1.165) is 11.3 Å². The molecule has 2 aromatic rings. The van der Waals surface area contributed by atoms with Gasteiger partial charge in [-0.3, -0.25) is 9.78 Å². The van der Waals surface area contributed by atoms with E-state index < -0.39 is 0 Å². The molecule has 102 valence electrons. The lowest BCUT2D eigenvalue weighted by molar-refractivity contribution is -0.120. The topological polar surface area (TPSA) is 51.2 Å².